The minimum Gasteiger partial charge on any atom is -0.330 e. The van der Waals surface area contributed by atoms with Crippen LogP contribution >= 0.6 is 8.03 Å². The molecule has 0 fully saturated rings. The normalized spacial score (nSPS) is 12.1. The molecule has 0 saturated carbocycles. The molecule has 122 valence electrons. The molecule has 4 heteroatoms. The van der Waals surface area contributed by atoms with Gasteiger partial charge in [0.1, 0.15) is 0 Å². The second-order valence-electron chi connectivity index (χ2n) is 5.51. The van der Waals surface area contributed by atoms with E-state index < -0.39 is 8.03 Å². The van der Waals surface area contributed by atoms with Gasteiger partial charge in [0.2, 0.25) is 0 Å². The first-order chi connectivity index (χ1) is 9.31. The van der Waals surface area contributed by atoms with E-state index in [9.17, 15) is 4.57 Å². The molecule has 0 amide bonds. The Labute approximate surface area is 138 Å². The maximum absolute atomic E-state index is 11.6. The van der Waals surface area contributed by atoms with Gasteiger partial charge in [-0.05, 0) is 12.8 Å². The molecule has 0 aliphatic rings. The maximum atomic E-state index is 11.6. The molecular formula is C16H38AlO2P. The van der Waals surface area contributed by atoms with Gasteiger partial charge < -0.3 is 4.52 Å². The number of rotatable bonds is 15. The molecule has 0 aromatic heterocycles. The van der Waals surface area contributed by atoms with Crippen LogP contribution in [-0.2, 0) is 9.09 Å². The Balaban J connectivity index is 0. The summed E-state index contributed by atoms with van der Waals surface area (Å²) in [5, 5.41) is 0. The Bertz CT molecular complexity index is 201. The van der Waals surface area contributed by atoms with E-state index in [0.29, 0.717) is 6.61 Å². The average molecular weight is 320 g/mol. The van der Waals surface area contributed by atoms with Crippen LogP contribution in [0.1, 0.15) is 90.9 Å². The van der Waals surface area contributed by atoms with E-state index in [1.54, 1.807) is 0 Å². The number of hydrogen-bond acceptors (Lipinski definition) is 2. The van der Waals surface area contributed by atoms with E-state index in [2.05, 4.69) is 13.8 Å². The molecule has 0 aromatic rings. The molecule has 0 aliphatic heterocycles. The van der Waals surface area contributed by atoms with Crippen molar-refractivity contribution in [2.24, 2.45) is 0 Å². The maximum Gasteiger partial charge on any atom is 0.191 e. The van der Waals surface area contributed by atoms with Crippen LogP contribution in [0.15, 0.2) is 0 Å². The summed E-state index contributed by atoms with van der Waals surface area (Å²) in [6, 6.07) is 0. The van der Waals surface area contributed by atoms with Gasteiger partial charge in [-0.1, -0.05) is 78.1 Å². The summed E-state index contributed by atoms with van der Waals surface area (Å²) in [7, 11) is -1.73. The second kappa shape index (κ2) is 19.7. The Hall–Kier alpha value is 0.722. The summed E-state index contributed by atoms with van der Waals surface area (Å²) < 4.78 is 17.1. The highest BCUT2D eigenvalue weighted by Crippen LogP contribution is 2.25. The monoisotopic (exact) mass is 320 g/mol. The van der Waals surface area contributed by atoms with Crippen molar-refractivity contribution in [1.82, 2.24) is 0 Å². The zero-order chi connectivity index (χ0) is 14.2. The second-order valence-corrected chi connectivity index (χ2v) is 7.04. The lowest BCUT2D eigenvalue weighted by Crippen LogP contribution is -1.90. The van der Waals surface area contributed by atoms with Crippen LogP contribution in [0.25, 0.3) is 0 Å². The van der Waals surface area contributed by atoms with Crippen molar-refractivity contribution in [2.45, 2.75) is 90.9 Å². The van der Waals surface area contributed by atoms with Gasteiger partial charge in [0, 0.05) is 6.16 Å². The Kier molecular flexibility index (Phi) is 22.7. The lowest BCUT2D eigenvalue weighted by Gasteiger charge is -2.05. The summed E-state index contributed by atoms with van der Waals surface area (Å²) in [5.41, 5.74) is 0. The molecule has 0 saturated heterocycles. The SMILES string of the molecule is CCCCCCCCO[PH](=O)CCCCCCCC.[AlH3]. The van der Waals surface area contributed by atoms with Gasteiger partial charge in [-0.3, -0.25) is 4.57 Å². The molecule has 1 unspecified atom stereocenters. The predicted molar refractivity (Wildman–Crippen MR) is 96.5 cm³/mol. The molecule has 0 spiro atoms. The van der Waals surface area contributed by atoms with E-state index >= 15 is 0 Å². The molecule has 0 radical (unpaired) electrons. The highest BCUT2D eigenvalue weighted by atomic mass is 31.1. The average Bonchev–Trinajstić information content (AvgIpc) is 2.41. The summed E-state index contributed by atoms with van der Waals surface area (Å²) in [6.07, 6.45) is 15.9. The molecule has 0 rings (SSSR count). The third-order valence-electron chi connectivity index (χ3n) is 3.50. The van der Waals surface area contributed by atoms with Crippen molar-refractivity contribution in [3.8, 4) is 0 Å². The van der Waals surface area contributed by atoms with Gasteiger partial charge in [-0.15, -0.1) is 0 Å². The van der Waals surface area contributed by atoms with E-state index in [0.717, 1.165) is 19.0 Å². The van der Waals surface area contributed by atoms with E-state index in [4.69, 9.17) is 4.52 Å². The highest BCUT2D eigenvalue weighted by molar-refractivity contribution is 7.39. The summed E-state index contributed by atoms with van der Waals surface area (Å²) in [6.45, 7) is 5.17. The minimum absolute atomic E-state index is 0. The van der Waals surface area contributed by atoms with Gasteiger partial charge in [0.05, 0.1) is 6.61 Å². The lowest BCUT2D eigenvalue weighted by molar-refractivity contribution is 0.315. The third-order valence-corrected chi connectivity index (χ3v) is 4.78. The zero-order valence-electron chi connectivity index (χ0n) is 13.2. The molecule has 2 nitrogen and oxygen atoms in total. The zero-order valence-corrected chi connectivity index (χ0v) is 14.2. The van der Waals surface area contributed by atoms with E-state index in [1.807, 2.05) is 0 Å². The van der Waals surface area contributed by atoms with Crippen LogP contribution in [-0.4, -0.2) is 30.1 Å². The number of hydrogen-bond donors (Lipinski definition) is 0. The number of unbranched alkanes of at least 4 members (excludes halogenated alkanes) is 10. The fourth-order valence-corrected chi connectivity index (χ4v) is 3.25. The van der Waals surface area contributed by atoms with Crippen molar-refractivity contribution in [2.75, 3.05) is 12.8 Å². The third kappa shape index (κ3) is 18.7. The van der Waals surface area contributed by atoms with Crippen LogP contribution in [0.2, 0.25) is 0 Å². The molecule has 0 aliphatic carbocycles. The quantitative estimate of drug-likeness (QED) is 0.241. The molecule has 20 heavy (non-hydrogen) atoms. The first-order valence-corrected chi connectivity index (χ1v) is 9.99. The van der Waals surface area contributed by atoms with Crippen molar-refractivity contribution in [1.29, 1.82) is 0 Å². The van der Waals surface area contributed by atoms with Gasteiger partial charge >= 0.3 is 0 Å². The fraction of sp³-hybridized carbons (Fsp3) is 1.00. The van der Waals surface area contributed by atoms with Gasteiger partial charge in [0.15, 0.2) is 25.4 Å². The Morgan fingerprint density at radius 3 is 1.70 bits per heavy atom. The molecule has 1 atom stereocenters. The largest absolute Gasteiger partial charge is 0.330 e. The van der Waals surface area contributed by atoms with Crippen molar-refractivity contribution < 1.29 is 9.09 Å². The molecule has 0 N–H and O–H groups in total. The van der Waals surface area contributed by atoms with Gasteiger partial charge in [-0.25, -0.2) is 0 Å². The first-order valence-electron chi connectivity index (χ1n) is 8.46. The summed E-state index contributed by atoms with van der Waals surface area (Å²) in [4.78, 5) is 0. The van der Waals surface area contributed by atoms with Crippen LogP contribution in [0.3, 0.4) is 0 Å². The van der Waals surface area contributed by atoms with Crippen LogP contribution < -0.4 is 0 Å². The van der Waals surface area contributed by atoms with Crippen LogP contribution in [0.5, 0.6) is 0 Å². The molecule has 0 aromatic carbocycles. The molecular weight excluding hydrogens is 282 g/mol. The summed E-state index contributed by atoms with van der Waals surface area (Å²) >= 11 is 0. The molecule has 0 heterocycles. The highest BCUT2D eigenvalue weighted by Gasteiger charge is 2.00. The Morgan fingerprint density at radius 2 is 1.15 bits per heavy atom. The van der Waals surface area contributed by atoms with Crippen LogP contribution in [0, 0.1) is 0 Å². The Morgan fingerprint density at radius 1 is 0.700 bits per heavy atom. The molecule has 0 bridgehead atoms. The van der Waals surface area contributed by atoms with Gasteiger partial charge in [-0.2, -0.15) is 0 Å². The van der Waals surface area contributed by atoms with Crippen molar-refractivity contribution in [3.05, 3.63) is 0 Å². The smallest absolute Gasteiger partial charge is 0.191 e. The van der Waals surface area contributed by atoms with Crippen LogP contribution in [0.4, 0.5) is 0 Å². The topological polar surface area (TPSA) is 26.3 Å². The van der Waals surface area contributed by atoms with E-state index in [-0.39, 0.29) is 17.4 Å². The predicted octanol–water partition coefficient (Wildman–Crippen LogP) is 5.01. The fourth-order valence-electron chi connectivity index (χ4n) is 2.19. The summed E-state index contributed by atoms with van der Waals surface area (Å²) in [5.74, 6) is 0. The standard InChI is InChI=1S/C16H35O2P.Al.3H/c1-3-5-7-9-11-13-15-18-19(17)16-14-12-10-8-6-4-2;;;;/h19H,3-16H2,1-2H3;;;;. The van der Waals surface area contributed by atoms with E-state index in [1.165, 1.54) is 64.2 Å². The first kappa shape index (κ1) is 23.0. The van der Waals surface area contributed by atoms with Gasteiger partial charge in [0.25, 0.3) is 0 Å². The lowest BCUT2D eigenvalue weighted by atomic mass is 10.1. The van der Waals surface area contributed by atoms with Crippen molar-refractivity contribution >= 4 is 25.4 Å². The van der Waals surface area contributed by atoms with Crippen molar-refractivity contribution in [3.63, 3.8) is 0 Å². The minimum atomic E-state index is -1.73.